The monoisotopic (exact) mass is 251 g/mol. The summed E-state index contributed by atoms with van der Waals surface area (Å²) in [6.45, 7) is 0. The summed E-state index contributed by atoms with van der Waals surface area (Å²) in [5, 5.41) is 0. The maximum atomic E-state index is 13.7. The van der Waals surface area contributed by atoms with Gasteiger partial charge in [-0.05, 0) is 12.1 Å². The summed E-state index contributed by atoms with van der Waals surface area (Å²) in [5.41, 5.74) is 1.80. The Bertz CT molecular complexity index is 531. The van der Waals surface area contributed by atoms with Crippen molar-refractivity contribution in [3.8, 4) is 17.0 Å². The molecule has 4 heteroatoms. The molecule has 0 aliphatic rings. The molecule has 2 nitrogen and oxygen atoms in total. The summed E-state index contributed by atoms with van der Waals surface area (Å²) in [6.07, 6.45) is 0. The van der Waals surface area contributed by atoms with E-state index in [1.165, 1.54) is 13.2 Å². The van der Waals surface area contributed by atoms with Crippen molar-refractivity contribution in [1.82, 2.24) is 4.98 Å². The van der Waals surface area contributed by atoms with Crippen molar-refractivity contribution in [2.75, 3.05) is 7.11 Å². The normalized spacial score (nSPS) is 10.3. The average Bonchev–Trinajstić information content (AvgIpc) is 2.38. The lowest BCUT2D eigenvalue weighted by Crippen LogP contribution is -1.96. The van der Waals surface area contributed by atoms with E-state index < -0.39 is 0 Å². The minimum Gasteiger partial charge on any atom is -0.481 e. The lowest BCUT2D eigenvalue weighted by molar-refractivity contribution is 0.397. The molecule has 1 aromatic heterocycles. The van der Waals surface area contributed by atoms with Gasteiger partial charge in [0.15, 0.2) is 0 Å². The maximum absolute atomic E-state index is 13.7. The van der Waals surface area contributed by atoms with Gasteiger partial charge < -0.3 is 4.74 Å². The highest BCUT2D eigenvalue weighted by molar-refractivity contribution is 6.17. The van der Waals surface area contributed by atoms with Crippen LogP contribution in [-0.4, -0.2) is 12.1 Å². The van der Waals surface area contributed by atoms with Crippen LogP contribution < -0.4 is 4.74 Å². The van der Waals surface area contributed by atoms with E-state index in [4.69, 9.17) is 16.3 Å². The van der Waals surface area contributed by atoms with Gasteiger partial charge in [-0.25, -0.2) is 9.37 Å². The number of nitrogens with zero attached hydrogens (tertiary/aromatic N) is 1. The van der Waals surface area contributed by atoms with Gasteiger partial charge in [-0.15, -0.1) is 11.6 Å². The van der Waals surface area contributed by atoms with Crippen LogP contribution >= 0.6 is 11.6 Å². The van der Waals surface area contributed by atoms with Gasteiger partial charge in [-0.3, -0.25) is 0 Å². The number of alkyl halides is 1. The van der Waals surface area contributed by atoms with Gasteiger partial charge in [0.2, 0.25) is 5.88 Å². The van der Waals surface area contributed by atoms with Gasteiger partial charge in [-0.2, -0.15) is 0 Å². The summed E-state index contributed by atoms with van der Waals surface area (Å²) in [5.74, 6) is 0.396. The fraction of sp³-hybridized carbons (Fsp3) is 0.154. The predicted molar refractivity (Wildman–Crippen MR) is 65.7 cm³/mol. The van der Waals surface area contributed by atoms with Crippen molar-refractivity contribution in [2.45, 2.75) is 5.88 Å². The van der Waals surface area contributed by atoms with Crippen LogP contribution in [0, 0.1) is 5.82 Å². The molecule has 0 fully saturated rings. The molecular weight excluding hydrogens is 241 g/mol. The highest BCUT2D eigenvalue weighted by Crippen LogP contribution is 2.27. The molecule has 2 aromatic rings. The van der Waals surface area contributed by atoms with Crippen LogP contribution in [0.4, 0.5) is 4.39 Å². The lowest BCUT2D eigenvalue weighted by Gasteiger charge is -2.09. The molecule has 88 valence electrons. The average molecular weight is 252 g/mol. The van der Waals surface area contributed by atoms with Gasteiger partial charge in [0, 0.05) is 17.2 Å². The van der Waals surface area contributed by atoms with E-state index in [1.807, 2.05) is 0 Å². The fourth-order valence-corrected chi connectivity index (χ4v) is 1.83. The number of ether oxygens (including phenoxy) is 1. The first kappa shape index (κ1) is 11.9. The summed E-state index contributed by atoms with van der Waals surface area (Å²) in [7, 11) is 1.53. The molecule has 0 spiro atoms. The number of methoxy groups -OCH3 is 1. The van der Waals surface area contributed by atoms with Crippen LogP contribution in [0.1, 0.15) is 5.69 Å². The molecule has 0 radical (unpaired) electrons. The zero-order chi connectivity index (χ0) is 12.3. The third-order valence-electron chi connectivity index (χ3n) is 2.45. The molecule has 0 N–H and O–H groups in total. The first-order valence-electron chi connectivity index (χ1n) is 5.11. The summed E-state index contributed by atoms with van der Waals surface area (Å²) in [4.78, 5) is 4.21. The van der Waals surface area contributed by atoms with Crippen LogP contribution in [0.5, 0.6) is 5.88 Å². The van der Waals surface area contributed by atoms with Crippen molar-refractivity contribution in [3.63, 3.8) is 0 Å². The largest absolute Gasteiger partial charge is 0.481 e. The van der Waals surface area contributed by atoms with E-state index in [1.54, 1.807) is 30.3 Å². The molecule has 2 rings (SSSR count). The minimum absolute atomic E-state index is 0.209. The Morgan fingerprint density at radius 3 is 2.59 bits per heavy atom. The second-order valence-corrected chi connectivity index (χ2v) is 3.73. The number of rotatable bonds is 3. The maximum Gasteiger partial charge on any atom is 0.213 e. The minimum atomic E-state index is -0.286. The molecule has 0 unspecified atom stereocenters. The molecule has 1 aromatic carbocycles. The van der Waals surface area contributed by atoms with E-state index in [0.717, 1.165) is 0 Å². The zero-order valence-electron chi connectivity index (χ0n) is 9.28. The Morgan fingerprint density at radius 1 is 1.18 bits per heavy atom. The van der Waals surface area contributed by atoms with Crippen molar-refractivity contribution in [3.05, 3.63) is 47.9 Å². The quantitative estimate of drug-likeness (QED) is 0.777. The Balaban J connectivity index is 2.56. The standard InChI is InChI=1S/C13H11ClFNO/c1-17-13-7-6-10(12(8-14)16-13)9-4-2-3-5-11(9)15/h2-7H,8H2,1H3. The number of aromatic nitrogens is 1. The Labute approximate surface area is 104 Å². The van der Waals surface area contributed by atoms with E-state index in [2.05, 4.69) is 4.98 Å². The van der Waals surface area contributed by atoms with Crippen molar-refractivity contribution >= 4 is 11.6 Å². The van der Waals surface area contributed by atoms with Crippen molar-refractivity contribution < 1.29 is 9.13 Å². The zero-order valence-corrected chi connectivity index (χ0v) is 10.0. The van der Waals surface area contributed by atoms with E-state index in [0.29, 0.717) is 22.7 Å². The predicted octanol–water partition coefficient (Wildman–Crippen LogP) is 3.64. The van der Waals surface area contributed by atoms with E-state index in [-0.39, 0.29) is 11.7 Å². The van der Waals surface area contributed by atoms with Crippen LogP contribution in [0.2, 0.25) is 0 Å². The number of hydrogen-bond acceptors (Lipinski definition) is 2. The highest BCUT2D eigenvalue weighted by atomic mass is 35.5. The van der Waals surface area contributed by atoms with Crippen LogP contribution in [0.15, 0.2) is 36.4 Å². The molecule has 0 aliphatic heterocycles. The fourth-order valence-electron chi connectivity index (χ4n) is 1.62. The SMILES string of the molecule is COc1ccc(-c2ccccc2F)c(CCl)n1. The Morgan fingerprint density at radius 2 is 1.94 bits per heavy atom. The van der Waals surface area contributed by atoms with E-state index in [9.17, 15) is 4.39 Å². The molecule has 1 heterocycles. The first-order chi connectivity index (χ1) is 8.26. The summed E-state index contributed by atoms with van der Waals surface area (Å²) < 4.78 is 18.7. The Kier molecular flexibility index (Phi) is 3.59. The molecule has 0 bridgehead atoms. The third kappa shape index (κ3) is 2.39. The molecule has 0 aliphatic carbocycles. The van der Waals surface area contributed by atoms with E-state index >= 15 is 0 Å². The topological polar surface area (TPSA) is 22.1 Å². The molecule has 0 amide bonds. The lowest BCUT2D eigenvalue weighted by atomic mass is 10.0. The first-order valence-corrected chi connectivity index (χ1v) is 5.64. The molecular formula is C13H11ClFNO. The molecule has 0 saturated heterocycles. The smallest absolute Gasteiger partial charge is 0.213 e. The van der Waals surface area contributed by atoms with Crippen LogP contribution in [0.3, 0.4) is 0 Å². The molecule has 0 saturated carbocycles. The van der Waals surface area contributed by atoms with Crippen molar-refractivity contribution in [2.24, 2.45) is 0 Å². The molecule has 0 atom stereocenters. The van der Waals surface area contributed by atoms with Crippen LogP contribution in [-0.2, 0) is 5.88 Å². The second-order valence-electron chi connectivity index (χ2n) is 3.46. The number of hydrogen-bond donors (Lipinski definition) is 0. The molecule has 17 heavy (non-hydrogen) atoms. The van der Waals surface area contributed by atoms with Gasteiger partial charge in [-0.1, -0.05) is 18.2 Å². The number of benzene rings is 1. The third-order valence-corrected chi connectivity index (χ3v) is 2.70. The van der Waals surface area contributed by atoms with Gasteiger partial charge in [0.25, 0.3) is 0 Å². The van der Waals surface area contributed by atoms with Gasteiger partial charge in [0.05, 0.1) is 18.7 Å². The summed E-state index contributed by atoms with van der Waals surface area (Å²) >= 11 is 5.82. The summed E-state index contributed by atoms with van der Waals surface area (Å²) in [6, 6.07) is 10.0. The second kappa shape index (κ2) is 5.15. The van der Waals surface area contributed by atoms with Gasteiger partial charge >= 0.3 is 0 Å². The number of pyridine rings is 1. The van der Waals surface area contributed by atoms with Crippen LogP contribution in [0.25, 0.3) is 11.1 Å². The Hall–Kier alpha value is -1.61. The number of halogens is 2. The highest BCUT2D eigenvalue weighted by Gasteiger charge is 2.11. The van der Waals surface area contributed by atoms with Crippen molar-refractivity contribution in [1.29, 1.82) is 0 Å². The van der Waals surface area contributed by atoms with Gasteiger partial charge in [0.1, 0.15) is 5.82 Å².